The summed E-state index contributed by atoms with van der Waals surface area (Å²) in [6, 6.07) is 10.4. The SMILES string of the molecule is C1=CC=C2CC(=C1)C=Cc1c2nc(Nc2ccccc2)c2c1CCCC2. The number of allylic oxidation sites excluding steroid dienone is 7. The second-order valence-electron chi connectivity index (χ2n) is 7.21. The van der Waals surface area contributed by atoms with E-state index in [1.165, 1.54) is 40.7 Å². The lowest BCUT2D eigenvalue weighted by Gasteiger charge is -2.24. The van der Waals surface area contributed by atoms with Gasteiger partial charge < -0.3 is 5.32 Å². The first kappa shape index (κ1) is 15.4. The number of fused-ring (bicyclic) bond motifs is 6. The summed E-state index contributed by atoms with van der Waals surface area (Å²) < 4.78 is 0. The number of pyridine rings is 1. The Bertz CT molecular complexity index is 975. The number of nitrogens with one attached hydrogen (secondary N) is 1. The van der Waals surface area contributed by atoms with E-state index < -0.39 is 0 Å². The minimum absolute atomic E-state index is 0.951. The Balaban J connectivity index is 1.70. The van der Waals surface area contributed by atoms with E-state index in [2.05, 4.69) is 66.0 Å². The quantitative estimate of drug-likeness (QED) is 0.726. The molecular formula is C24H22N2. The van der Waals surface area contributed by atoms with Gasteiger partial charge in [0.15, 0.2) is 0 Å². The monoisotopic (exact) mass is 338 g/mol. The topological polar surface area (TPSA) is 24.9 Å². The van der Waals surface area contributed by atoms with E-state index in [-0.39, 0.29) is 0 Å². The molecule has 1 aromatic heterocycles. The number of hydrogen-bond acceptors (Lipinski definition) is 2. The number of para-hydroxylation sites is 1. The Kier molecular flexibility index (Phi) is 3.82. The number of rotatable bonds is 2. The summed E-state index contributed by atoms with van der Waals surface area (Å²) in [5, 5.41) is 3.60. The second kappa shape index (κ2) is 6.45. The molecule has 0 amide bonds. The molecule has 0 unspecified atom stereocenters. The Morgan fingerprint density at radius 1 is 0.846 bits per heavy atom. The highest BCUT2D eigenvalue weighted by atomic mass is 15.0. The van der Waals surface area contributed by atoms with Gasteiger partial charge in [0.25, 0.3) is 0 Å². The van der Waals surface area contributed by atoms with Crippen LogP contribution >= 0.6 is 0 Å². The largest absolute Gasteiger partial charge is 0.340 e. The summed E-state index contributed by atoms with van der Waals surface area (Å²) in [7, 11) is 0. The molecule has 2 bridgehead atoms. The molecule has 1 aromatic carbocycles. The van der Waals surface area contributed by atoms with Crippen LogP contribution in [0.5, 0.6) is 0 Å². The maximum Gasteiger partial charge on any atom is 0.134 e. The molecule has 5 rings (SSSR count). The Morgan fingerprint density at radius 2 is 1.65 bits per heavy atom. The van der Waals surface area contributed by atoms with Crippen LogP contribution in [0, 0.1) is 0 Å². The first-order chi connectivity index (χ1) is 12.9. The van der Waals surface area contributed by atoms with Gasteiger partial charge in [-0.1, -0.05) is 54.7 Å². The van der Waals surface area contributed by atoms with Crippen LogP contribution in [-0.2, 0) is 12.8 Å². The lowest BCUT2D eigenvalue weighted by molar-refractivity contribution is 0.682. The smallest absolute Gasteiger partial charge is 0.134 e. The van der Waals surface area contributed by atoms with E-state index in [0.29, 0.717) is 0 Å². The fourth-order valence-electron chi connectivity index (χ4n) is 4.19. The molecule has 2 nitrogen and oxygen atoms in total. The van der Waals surface area contributed by atoms with Crippen molar-refractivity contribution in [3.8, 4) is 0 Å². The summed E-state index contributed by atoms with van der Waals surface area (Å²) in [4.78, 5) is 5.15. The van der Waals surface area contributed by atoms with Gasteiger partial charge >= 0.3 is 0 Å². The average Bonchev–Trinajstić information content (AvgIpc) is 3.03. The van der Waals surface area contributed by atoms with Crippen LogP contribution in [0.1, 0.15) is 41.6 Å². The first-order valence-electron chi connectivity index (χ1n) is 9.51. The molecule has 3 aliphatic rings. The van der Waals surface area contributed by atoms with Crippen LogP contribution in [0.3, 0.4) is 0 Å². The molecule has 128 valence electrons. The maximum absolute atomic E-state index is 5.15. The predicted octanol–water partition coefficient (Wildman–Crippen LogP) is 6.00. The highest BCUT2D eigenvalue weighted by Crippen LogP contribution is 2.39. The lowest BCUT2D eigenvalue weighted by atomic mass is 9.86. The van der Waals surface area contributed by atoms with Crippen molar-refractivity contribution < 1.29 is 0 Å². The minimum atomic E-state index is 0.951. The number of benzene rings is 1. The van der Waals surface area contributed by atoms with Gasteiger partial charge in [0.2, 0.25) is 0 Å². The number of anilines is 2. The number of hydrogen-bond donors (Lipinski definition) is 1. The van der Waals surface area contributed by atoms with Gasteiger partial charge in [0, 0.05) is 11.3 Å². The van der Waals surface area contributed by atoms with Crippen LogP contribution in [0.25, 0.3) is 11.6 Å². The molecule has 0 saturated carbocycles. The zero-order valence-corrected chi connectivity index (χ0v) is 14.8. The van der Waals surface area contributed by atoms with Crippen LogP contribution in [0.2, 0.25) is 0 Å². The molecule has 0 spiro atoms. The van der Waals surface area contributed by atoms with Gasteiger partial charge in [-0.05, 0) is 66.5 Å². The van der Waals surface area contributed by atoms with Crippen LogP contribution in [0.4, 0.5) is 11.5 Å². The summed E-state index contributed by atoms with van der Waals surface area (Å²) in [6.07, 6.45) is 19.0. The minimum Gasteiger partial charge on any atom is -0.340 e. The van der Waals surface area contributed by atoms with Gasteiger partial charge in [-0.3, -0.25) is 0 Å². The summed E-state index contributed by atoms with van der Waals surface area (Å²) in [5.74, 6) is 1.04. The maximum atomic E-state index is 5.15. The Labute approximate surface area is 154 Å². The molecule has 0 atom stereocenters. The van der Waals surface area contributed by atoms with Gasteiger partial charge in [-0.15, -0.1) is 0 Å². The lowest BCUT2D eigenvalue weighted by Crippen LogP contribution is -2.13. The summed E-state index contributed by atoms with van der Waals surface area (Å²) in [6.45, 7) is 0. The standard InChI is InChI=1S/C24H22N2/c1-2-10-19(11-3-1)25-24-22-13-7-6-12-20(22)21-15-14-17-8-4-5-9-18(16-17)23(21)26-24/h1-5,8-11,14-15H,6-7,12-13,16H2,(H,25,26). The van der Waals surface area contributed by atoms with E-state index >= 15 is 0 Å². The van der Waals surface area contributed by atoms with E-state index in [9.17, 15) is 0 Å². The number of aromatic nitrogens is 1. The zero-order valence-electron chi connectivity index (χ0n) is 14.8. The first-order valence-corrected chi connectivity index (χ1v) is 9.51. The van der Waals surface area contributed by atoms with Gasteiger partial charge in [-0.2, -0.15) is 0 Å². The Hall–Kier alpha value is -2.87. The predicted molar refractivity (Wildman–Crippen MR) is 109 cm³/mol. The molecule has 26 heavy (non-hydrogen) atoms. The van der Waals surface area contributed by atoms with Crippen LogP contribution < -0.4 is 5.32 Å². The zero-order chi connectivity index (χ0) is 17.3. The highest BCUT2D eigenvalue weighted by Gasteiger charge is 2.24. The van der Waals surface area contributed by atoms with Gasteiger partial charge in [-0.25, -0.2) is 4.98 Å². The van der Waals surface area contributed by atoms with Crippen molar-refractivity contribution >= 4 is 23.2 Å². The fourth-order valence-corrected chi connectivity index (χ4v) is 4.19. The third-order valence-electron chi connectivity index (χ3n) is 5.48. The molecule has 0 radical (unpaired) electrons. The molecule has 2 aromatic rings. The van der Waals surface area contributed by atoms with Crippen molar-refractivity contribution in [1.29, 1.82) is 0 Å². The average molecular weight is 338 g/mol. The van der Waals surface area contributed by atoms with Gasteiger partial charge in [0.1, 0.15) is 5.82 Å². The van der Waals surface area contributed by atoms with Gasteiger partial charge in [0.05, 0.1) is 5.69 Å². The molecular weight excluding hydrogens is 316 g/mol. The van der Waals surface area contributed by atoms with E-state index in [1.807, 2.05) is 6.07 Å². The third-order valence-corrected chi connectivity index (χ3v) is 5.48. The van der Waals surface area contributed by atoms with Crippen molar-refractivity contribution in [3.63, 3.8) is 0 Å². The van der Waals surface area contributed by atoms with Crippen LogP contribution in [-0.4, -0.2) is 4.98 Å². The fraction of sp³-hybridized carbons (Fsp3) is 0.208. The van der Waals surface area contributed by atoms with E-state index in [4.69, 9.17) is 4.98 Å². The Morgan fingerprint density at radius 3 is 2.54 bits per heavy atom. The normalized spacial score (nSPS) is 17.4. The van der Waals surface area contributed by atoms with E-state index in [0.717, 1.165) is 36.5 Å². The van der Waals surface area contributed by atoms with E-state index in [1.54, 1.807) is 0 Å². The van der Waals surface area contributed by atoms with Crippen molar-refractivity contribution in [1.82, 2.24) is 4.98 Å². The molecule has 0 fully saturated rings. The third kappa shape index (κ3) is 2.72. The summed E-state index contributed by atoms with van der Waals surface area (Å²) >= 11 is 0. The molecule has 0 aliphatic heterocycles. The summed E-state index contributed by atoms with van der Waals surface area (Å²) in [5.41, 5.74) is 9.15. The molecule has 1 N–H and O–H groups in total. The van der Waals surface area contributed by atoms with Crippen LogP contribution in [0.15, 0.2) is 66.3 Å². The molecule has 3 aliphatic carbocycles. The van der Waals surface area contributed by atoms with Crippen molar-refractivity contribution in [2.45, 2.75) is 32.1 Å². The second-order valence-corrected chi connectivity index (χ2v) is 7.21. The molecule has 1 heterocycles. The van der Waals surface area contributed by atoms with Crippen molar-refractivity contribution in [2.24, 2.45) is 0 Å². The van der Waals surface area contributed by atoms with Crippen molar-refractivity contribution in [3.05, 3.63) is 88.7 Å². The van der Waals surface area contributed by atoms with Crippen molar-refractivity contribution in [2.75, 3.05) is 5.32 Å². The molecule has 2 heteroatoms. The molecule has 0 saturated heterocycles. The highest BCUT2D eigenvalue weighted by molar-refractivity contribution is 5.82. The number of nitrogens with zero attached hydrogens (tertiary/aromatic N) is 1.